The maximum atomic E-state index is 12.2. The zero-order valence-electron chi connectivity index (χ0n) is 14.8. The molecular formula is C22H18BrN3O. The number of amides is 1. The highest BCUT2D eigenvalue weighted by Gasteiger charge is 2.09. The highest BCUT2D eigenvalue weighted by atomic mass is 79.9. The number of para-hydroxylation sites is 1. The fourth-order valence-electron chi connectivity index (χ4n) is 3.35. The second-order valence-electron chi connectivity index (χ2n) is 6.25. The number of rotatable bonds is 4. The smallest absolute Gasteiger partial charge is 0.271 e. The Labute approximate surface area is 165 Å². The Balaban J connectivity index is 1.62. The largest absolute Gasteiger partial charge is 0.341 e. The highest BCUT2D eigenvalue weighted by Crippen LogP contribution is 2.29. The maximum Gasteiger partial charge on any atom is 0.271 e. The van der Waals surface area contributed by atoms with Crippen molar-refractivity contribution in [3.8, 4) is 0 Å². The number of carbonyl (C=O) groups is 1. The van der Waals surface area contributed by atoms with Crippen LogP contribution in [0.15, 0.2) is 76.3 Å². The quantitative estimate of drug-likeness (QED) is 0.352. The van der Waals surface area contributed by atoms with Crippen LogP contribution >= 0.6 is 15.9 Å². The van der Waals surface area contributed by atoms with E-state index in [4.69, 9.17) is 0 Å². The molecule has 27 heavy (non-hydrogen) atoms. The first-order valence-corrected chi connectivity index (χ1v) is 9.56. The van der Waals surface area contributed by atoms with Crippen LogP contribution in [0.5, 0.6) is 0 Å². The van der Waals surface area contributed by atoms with Crippen LogP contribution in [0, 0.1) is 0 Å². The van der Waals surface area contributed by atoms with Gasteiger partial charge in [-0.2, -0.15) is 5.10 Å². The van der Waals surface area contributed by atoms with Gasteiger partial charge in [0, 0.05) is 38.4 Å². The summed E-state index contributed by atoms with van der Waals surface area (Å²) in [5.74, 6) is -0.240. The molecule has 4 aromatic rings. The van der Waals surface area contributed by atoms with E-state index in [0.29, 0.717) is 5.56 Å². The Morgan fingerprint density at radius 1 is 1.04 bits per heavy atom. The zero-order valence-corrected chi connectivity index (χ0v) is 16.4. The van der Waals surface area contributed by atoms with Crippen molar-refractivity contribution in [1.29, 1.82) is 0 Å². The van der Waals surface area contributed by atoms with E-state index in [1.165, 1.54) is 21.8 Å². The van der Waals surface area contributed by atoms with E-state index in [0.717, 1.165) is 16.6 Å². The number of halogens is 1. The van der Waals surface area contributed by atoms with Crippen molar-refractivity contribution in [3.05, 3.63) is 82.3 Å². The van der Waals surface area contributed by atoms with Crippen LogP contribution < -0.4 is 5.43 Å². The van der Waals surface area contributed by atoms with E-state index >= 15 is 0 Å². The summed E-state index contributed by atoms with van der Waals surface area (Å²) in [6.45, 7) is 3.07. The molecule has 1 amide bonds. The van der Waals surface area contributed by atoms with Gasteiger partial charge in [0.2, 0.25) is 0 Å². The van der Waals surface area contributed by atoms with Gasteiger partial charge < -0.3 is 4.57 Å². The fraction of sp³-hybridized carbons (Fsp3) is 0.0909. The number of benzene rings is 3. The van der Waals surface area contributed by atoms with Crippen molar-refractivity contribution in [2.75, 3.05) is 0 Å². The van der Waals surface area contributed by atoms with Crippen molar-refractivity contribution in [3.63, 3.8) is 0 Å². The van der Waals surface area contributed by atoms with Gasteiger partial charge in [-0.25, -0.2) is 5.43 Å². The van der Waals surface area contributed by atoms with Crippen molar-refractivity contribution in [1.82, 2.24) is 9.99 Å². The number of aryl methyl sites for hydroxylation is 1. The number of carbonyl (C=O) groups excluding carboxylic acids is 1. The van der Waals surface area contributed by atoms with Crippen LogP contribution in [-0.2, 0) is 6.54 Å². The molecule has 0 fully saturated rings. The predicted molar refractivity (Wildman–Crippen MR) is 114 cm³/mol. The van der Waals surface area contributed by atoms with Crippen LogP contribution in [0.2, 0.25) is 0 Å². The number of hydrazone groups is 1. The lowest BCUT2D eigenvalue weighted by atomic mass is 10.1. The van der Waals surface area contributed by atoms with Gasteiger partial charge in [0.15, 0.2) is 0 Å². The average Bonchev–Trinajstić information content (AvgIpc) is 3.01. The van der Waals surface area contributed by atoms with Crippen LogP contribution in [-0.4, -0.2) is 16.7 Å². The minimum absolute atomic E-state index is 0.240. The summed E-state index contributed by atoms with van der Waals surface area (Å²) in [5.41, 5.74) is 6.51. The molecule has 0 atom stereocenters. The molecule has 3 aromatic carbocycles. The molecule has 1 heterocycles. The predicted octanol–water partition coefficient (Wildman–Crippen LogP) is 5.34. The van der Waals surface area contributed by atoms with Crippen molar-refractivity contribution >= 4 is 49.9 Å². The molecule has 0 saturated carbocycles. The molecule has 0 bridgehead atoms. The van der Waals surface area contributed by atoms with Gasteiger partial charge in [0.1, 0.15) is 0 Å². The molecule has 0 saturated heterocycles. The fourth-order valence-corrected chi connectivity index (χ4v) is 3.75. The van der Waals surface area contributed by atoms with E-state index in [1.54, 1.807) is 18.3 Å². The Bertz CT molecular complexity index is 1180. The van der Waals surface area contributed by atoms with E-state index < -0.39 is 0 Å². The van der Waals surface area contributed by atoms with Gasteiger partial charge >= 0.3 is 0 Å². The van der Waals surface area contributed by atoms with Gasteiger partial charge in [0.25, 0.3) is 5.91 Å². The number of nitrogens with zero attached hydrogens (tertiary/aromatic N) is 2. The lowest BCUT2D eigenvalue weighted by Gasteiger charge is -2.03. The zero-order chi connectivity index (χ0) is 18.8. The van der Waals surface area contributed by atoms with E-state index in [1.807, 2.05) is 18.2 Å². The van der Waals surface area contributed by atoms with Gasteiger partial charge in [-0.1, -0.05) is 46.3 Å². The number of aromatic nitrogens is 1. The van der Waals surface area contributed by atoms with Crippen molar-refractivity contribution < 1.29 is 4.79 Å². The molecule has 4 nitrogen and oxygen atoms in total. The minimum atomic E-state index is -0.240. The van der Waals surface area contributed by atoms with Crippen LogP contribution in [0.3, 0.4) is 0 Å². The van der Waals surface area contributed by atoms with Crippen LogP contribution in [0.4, 0.5) is 0 Å². The highest BCUT2D eigenvalue weighted by molar-refractivity contribution is 9.10. The Morgan fingerprint density at radius 3 is 2.67 bits per heavy atom. The van der Waals surface area contributed by atoms with Gasteiger partial charge in [0.05, 0.1) is 6.21 Å². The van der Waals surface area contributed by atoms with Crippen molar-refractivity contribution in [2.24, 2.45) is 5.10 Å². The molecule has 0 unspecified atom stereocenters. The van der Waals surface area contributed by atoms with Crippen LogP contribution in [0.1, 0.15) is 22.8 Å². The standard InChI is InChI=1S/C22H18BrN3O/c1-2-26-20-9-4-3-8-18(20)19-12-15(10-11-21(19)26)14-24-25-22(27)16-6-5-7-17(23)13-16/h3-14H,2H2,1H3,(H,25,27). The van der Waals surface area contributed by atoms with Gasteiger partial charge in [-0.15, -0.1) is 0 Å². The molecule has 1 N–H and O–H groups in total. The lowest BCUT2D eigenvalue weighted by Crippen LogP contribution is -2.17. The molecule has 1 aromatic heterocycles. The van der Waals surface area contributed by atoms with Gasteiger partial charge in [-0.05, 0) is 48.9 Å². The third kappa shape index (κ3) is 3.38. The first kappa shape index (κ1) is 17.5. The van der Waals surface area contributed by atoms with E-state index in [2.05, 4.69) is 74.3 Å². The molecule has 0 aliphatic rings. The van der Waals surface area contributed by atoms with E-state index in [9.17, 15) is 4.79 Å². The van der Waals surface area contributed by atoms with Crippen LogP contribution in [0.25, 0.3) is 21.8 Å². The molecule has 0 aliphatic carbocycles. The van der Waals surface area contributed by atoms with E-state index in [-0.39, 0.29) is 5.91 Å². The summed E-state index contributed by atoms with van der Waals surface area (Å²) in [5, 5.41) is 6.53. The number of hydrogen-bond acceptors (Lipinski definition) is 2. The third-order valence-corrected chi connectivity index (χ3v) is 5.07. The summed E-state index contributed by atoms with van der Waals surface area (Å²) in [6.07, 6.45) is 1.67. The monoisotopic (exact) mass is 419 g/mol. The molecule has 5 heteroatoms. The normalized spacial score (nSPS) is 11.5. The topological polar surface area (TPSA) is 46.4 Å². The Hall–Kier alpha value is -2.92. The summed E-state index contributed by atoms with van der Waals surface area (Å²) < 4.78 is 3.16. The third-order valence-electron chi connectivity index (χ3n) is 4.58. The maximum absolute atomic E-state index is 12.2. The molecule has 4 rings (SSSR count). The molecule has 0 radical (unpaired) electrons. The summed E-state index contributed by atoms with van der Waals surface area (Å²) >= 11 is 3.37. The summed E-state index contributed by atoms with van der Waals surface area (Å²) in [4.78, 5) is 12.2. The number of hydrogen-bond donors (Lipinski definition) is 1. The summed E-state index contributed by atoms with van der Waals surface area (Å²) in [7, 11) is 0. The van der Waals surface area contributed by atoms with Crippen molar-refractivity contribution in [2.45, 2.75) is 13.5 Å². The first-order valence-electron chi connectivity index (χ1n) is 8.77. The lowest BCUT2D eigenvalue weighted by molar-refractivity contribution is 0.0955. The summed E-state index contributed by atoms with van der Waals surface area (Å²) in [6, 6.07) is 21.8. The number of nitrogens with one attached hydrogen (secondary N) is 1. The molecule has 0 aliphatic heterocycles. The average molecular weight is 420 g/mol. The second-order valence-corrected chi connectivity index (χ2v) is 7.16. The first-order chi connectivity index (χ1) is 13.2. The van der Waals surface area contributed by atoms with Gasteiger partial charge in [-0.3, -0.25) is 4.79 Å². The molecule has 0 spiro atoms. The molecule has 134 valence electrons. The SMILES string of the molecule is CCn1c2ccccc2c2cc(C=NNC(=O)c3cccc(Br)c3)ccc21. The Morgan fingerprint density at radius 2 is 1.85 bits per heavy atom. The molecular weight excluding hydrogens is 402 g/mol. The Kier molecular flexibility index (Phi) is 4.77. The number of fused-ring (bicyclic) bond motifs is 3. The minimum Gasteiger partial charge on any atom is -0.341 e. The second kappa shape index (κ2) is 7.37.